The van der Waals surface area contributed by atoms with Crippen molar-refractivity contribution in [1.82, 2.24) is 10.2 Å². The quantitative estimate of drug-likeness (QED) is 0.536. The number of ether oxygens (including phenoxy) is 2. The third kappa shape index (κ3) is 6.13. The summed E-state index contributed by atoms with van der Waals surface area (Å²) in [6, 6.07) is 2.57. The van der Waals surface area contributed by atoms with Crippen molar-refractivity contribution in [2.45, 2.75) is 90.1 Å². The van der Waals surface area contributed by atoms with Gasteiger partial charge in [-0.1, -0.05) is 39.2 Å². The lowest BCUT2D eigenvalue weighted by molar-refractivity contribution is -0.145. The van der Waals surface area contributed by atoms with Crippen LogP contribution in [0.2, 0.25) is 0 Å². The largest absolute Gasteiger partial charge is 0.493 e. The number of benzene rings is 1. The molecule has 1 saturated carbocycles. The van der Waals surface area contributed by atoms with E-state index < -0.39 is 18.0 Å². The number of rotatable bonds is 9. The summed E-state index contributed by atoms with van der Waals surface area (Å²) in [5.41, 5.74) is 7.36. The number of carbonyl (C=O) groups excluding carboxylic acids is 3. The Balaban J connectivity index is 1.97. The molecule has 3 N–H and O–H groups in total. The molecule has 200 valence electrons. The molecule has 0 radical (unpaired) electrons. The summed E-state index contributed by atoms with van der Waals surface area (Å²) in [6.45, 7) is 6.17. The van der Waals surface area contributed by atoms with Crippen molar-refractivity contribution in [3.8, 4) is 11.5 Å². The van der Waals surface area contributed by atoms with Gasteiger partial charge in [-0.25, -0.2) is 0 Å². The van der Waals surface area contributed by atoms with Crippen molar-refractivity contribution in [2.75, 3.05) is 20.8 Å². The Bertz CT molecular complexity index is 941. The van der Waals surface area contributed by atoms with Crippen molar-refractivity contribution >= 4 is 17.7 Å². The third-order valence-electron chi connectivity index (χ3n) is 7.79. The summed E-state index contributed by atoms with van der Waals surface area (Å²) in [4.78, 5) is 41.3. The highest BCUT2D eigenvalue weighted by atomic mass is 16.5. The van der Waals surface area contributed by atoms with E-state index in [1.807, 2.05) is 32.9 Å². The molecule has 0 aromatic heterocycles. The van der Waals surface area contributed by atoms with E-state index in [1.165, 1.54) is 6.42 Å². The Kier molecular flexibility index (Phi) is 9.63. The molecule has 1 aliphatic heterocycles. The maximum atomic E-state index is 14.3. The maximum Gasteiger partial charge on any atom is 0.243 e. The van der Waals surface area contributed by atoms with E-state index in [-0.39, 0.29) is 29.6 Å². The predicted octanol–water partition coefficient (Wildman–Crippen LogP) is 3.68. The Labute approximate surface area is 215 Å². The molecule has 3 atom stereocenters. The fraction of sp³-hybridized carbons (Fsp3) is 0.679. The number of hydrogen-bond donors (Lipinski definition) is 2. The fourth-order valence-corrected chi connectivity index (χ4v) is 5.91. The number of nitrogens with two attached hydrogens (primary N) is 1. The van der Waals surface area contributed by atoms with E-state index in [9.17, 15) is 14.4 Å². The first kappa shape index (κ1) is 27.8. The predicted molar refractivity (Wildman–Crippen MR) is 139 cm³/mol. The lowest BCUT2D eigenvalue weighted by Gasteiger charge is -2.40. The zero-order chi connectivity index (χ0) is 26.4. The number of amides is 3. The number of nitrogens with zero attached hydrogens (tertiary/aromatic N) is 1. The molecule has 2 aliphatic rings. The van der Waals surface area contributed by atoms with Crippen LogP contribution in [0.4, 0.5) is 0 Å². The molecule has 3 rings (SSSR count). The zero-order valence-electron chi connectivity index (χ0n) is 22.5. The molecule has 0 bridgehead atoms. The van der Waals surface area contributed by atoms with Gasteiger partial charge in [-0.05, 0) is 68.1 Å². The van der Waals surface area contributed by atoms with Crippen LogP contribution in [0.15, 0.2) is 12.1 Å². The Morgan fingerprint density at radius 2 is 1.67 bits per heavy atom. The molecule has 1 aliphatic carbocycles. The van der Waals surface area contributed by atoms with Gasteiger partial charge < -0.3 is 25.4 Å². The summed E-state index contributed by atoms with van der Waals surface area (Å²) in [6.07, 6.45) is 7.61. The minimum absolute atomic E-state index is 0.0199. The van der Waals surface area contributed by atoms with Crippen molar-refractivity contribution in [3.05, 3.63) is 23.3 Å². The molecule has 1 aromatic carbocycles. The van der Waals surface area contributed by atoms with E-state index >= 15 is 0 Å². The first-order valence-corrected chi connectivity index (χ1v) is 13.3. The number of hydrogen-bond acceptors (Lipinski definition) is 5. The molecule has 2 fully saturated rings. The Morgan fingerprint density at radius 1 is 1.00 bits per heavy atom. The molecule has 1 heterocycles. The number of nitrogens with one attached hydrogen (secondary N) is 1. The summed E-state index contributed by atoms with van der Waals surface area (Å²) in [5.74, 6) is 0.0854. The first-order valence-electron chi connectivity index (χ1n) is 13.3. The molecule has 0 unspecified atom stereocenters. The summed E-state index contributed by atoms with van der Waals surface area (Å²) in [7, 11) is 3.22. The molecule has 1 aromatic rings. The van der Waals surface area contributed by atoms with Crippen LogP contribution >= 0.6 is 0 Å². The van der Waals surface area contributed by atoms with Crippen molar-refractivity contribution in [3.63, 3.8) is 0 Å². The molecule has 8 heteroatoms. The van der Waals surface area contributed by atoms with E-state index in [2.05, 4.69) is 5.32 Å². The Hall–Kier alpha value is -2.77. The number of carbonyl (C=O) groups is 3. The van der Waals surface area contributed by atoms with Crippen LogP contribution in [-0.4, -0.2) is 55.5 Å². The third-order valence-corrected chi connectivity index (χ3v) is 7.79. The number of aryl methyl sites for hydroxylation is 1. The SMILES string of the molecule is COc1cc([C@@H](C(=O)N2CCCC[C@H]2C(=O)N[C@@H](C(N)=O)C(C)C)C2CCCCC2)cc(C)c1OC. The second-order valence-corrected chi connectivity index (χ2v) is 10.6. The van der Waals surface area contributed by atoms with Crippen LogP contribution in [0.1, 0.15) is 82.3 Å². The normalized spacial score (nSPS) is 20.5. The molecule has 3 amide bonds. The first-order chi connectivity index (χ1) is 17.2. The van der Waals surface area contributed by atoms with Crippen molar-refractivity contribution < 1.29 is 23.9 Å². The summed E-state index contributed by atoms with van der Waals surface area (Å²) < 4.78 is 11.1. The lowest BCUT2D eigenvalue weighted by atomic mass is 9.75. The monoisotopic (exact) mass is 501 g/mol. The van der Waals surface area contributed by atoms with Gasteiger partial charge in [0.25, 0.3) is 0 Å². The average molecular weight is 502 g/mol. The zero-order valence-corrected chi connectivity index (χ0v) is 22.5. The van der Waals surface area contributed by atoms with Gasteiger partial charge >= 0.3 is 0 Å². The Morgan fingerprint density at radius 3 is 2.25 bits per heavy atom. The molecular weight excluding hydrogens is 458 g/mol. The van der Waals surface area contributed by atoms with Crippen LogP contribution in [0.5, 0.6) is 11.5 Å². The second-order valence-electron chi connectivity index (χ2n) is 10.6. The second kappa shape index (κ2) is 12.5. The highest BCUT2D eigenvalue weighted by Crippen LogP contribution is 2.42. The van der Waals surface area contributed by atoms with Crippen molar-refractivity contribution in [2.24, 2.45) is 17.6 Å². The number of likely N-dealkylation sites (tertiary alicyclic amines) is 1. The van der Waals surface area contributed by atoms with Gasteiger partial charge in [-0.2, -0.15) is 0 Å². The smallest absolute Gasteiger partial charge is 0.243 e. The highest BCUT2D eigenvalue weighted by molar-refractivity contribution is 5.93. The number of piperidine rings is 1. The van der Waals surface area contributed by atoms with Gasteiger partial charge in [-0.3, -0.25) is 14.4 Å². The summed E-state index contributed by atoms with van der Waals surface area (Å²) in [5, 5.41) is 2.83. The van der Waals surface area contributed by atoms with Crippen LogP contribution in [0.3, 0.4) is 0 Å². The van der Waals surface area contributed by atoms with E-state index in [1.54, 1.807) is 19.1 Å². The van der Waals surface area contributed by atoms with Gasteiger partial charge in [0.1, 0.15) is 12.1 Å². The van der Waals surface area contributed by atoms with Gasteiger partial charge in [0.2, 0.25) is 17.7 Å². The fourth-order valence-electron chi connectivity index (χ4n) is 5.91. The molecule has 36 heavy (non-hydrogen) atoms. The van der Waals surface area contributed by atoms with E-state index in [4.69, 9.17) is 15.2 Å². The number of primary amides is 1. The summed E-state index contributed by atoms with van der Waals surface area (Å²) >= 11 is 0. The topological polar surface area (TPSA) is 111 Å². The number of methoxy groups -OCH3 is 2. The van der Waals surface area contributed by atoms with Gasteiger partial charge in [0.05, 0.1) is 20.1 Å². The highest BCUT2D eigenvalue weighted by Gasteiger charge is 2.40. The minimum atomic E-state index is -0.765. The molecule has 1 saturated heterocycles. The lowest BCUT2D eigenvalue weighted by Crippen LogP contribution is -2.57. The van der Waals surface area contributed by atoms with Crippen LogP contribution in [0.25, 0.3) is 0 Å². The van der Waals surface area contributed by atoms with Crippen LogP contribution < -0.4 is 20.5 Å². The van der Waals surface area contributed by atoms with Crippen LogP contribution in [0, 0.1) is 18.8 Å². The van der Waals surface area contributed by atoms with E-state index in [0.29, 0.717) is 24.5 Å². The minimum Gasteiger partial charge on any atom is -0.493 e. The molecule has 0 spiro atoms. The van der Waals surface area contributed by atoms with E-state index in [0.717, 1.165) is 49.7 Å². The average Bonchev–Trinajstić information content (AvgIpc) is 2.87. The molecular formula is C28H43N3O5. The van der Waals surface area contributed by atoms with Gasteiger partial charge in [0.15, 0.2) is 11.5 Å². The standard InChI is InChI=1S/C28H43N3O5/c1-17(2)24(26(29)32)30-27(33)21-13-9-10-14-31(21)28(34)23(19-11-7-6-8-12-19)20-15-18(3)25(36-5)22(16-20)35-4/h15-17,19,21,23-24H,6-14H2,1-5H3,(H2,29,32)(H,30,33)/t21-,23-,24+/m0/s1. The maximum absolute atomic E-state index is 14.3. The van der Waals surface area contributed by atoms with Crippen molar-refractivity contribution in [1.29, 1.82) is 0 Å². The van der Waals surface area contributed by atoms with Gasteiger partial charge in [0, 0.05) is 6.54 Å². The molecule has 8 nitrogen and oxygen atoms in total. The van der Waals surface area contributed by atoms with Gasteiger partial charge in [-0.15, -0.1) is 0 Å². The van der Waals surface area contributed by atoms with Crippen LogP contribution in [-0.2, 0) is 14.4 Å².